The summed E-state index contributed by atoms with van der Waals surface area (Å²) in [5.74, 6) is -1.47. The van der Waals surface area contributed by atoms with Crippen LogP contribution in [0.2, 0.25) is 0 Å². The van der Waals surface area contributed by atoms with Gasteiger partial charge < -0.3 is 14.6 Å². The van der Waals surface area contributed by atoms with Gasteiger partial charge in [-0.15, -0.1) is 0 Å². The van der Waals surface area contributed by atoms with E-state index in [1.54, 1.807) is 6.07 Å². The molecule has 1 aliphatic heterocycles. The van der Waals surface area contributed by atoms with Crippen molar-refractivity contribution in [3.05, 3.63) is 41.2 Å². The molecule has 0 amide bonds. The van der Waals surface area contributed by atoms with E-state index < -0.39 is 11.8 Å². The van der Waals surface area contributed by atoms with E-state index in [4.69, 9.17) is 14.6 Å². The molecule has 1 atom stereocenters. The summed E-state index contributed by atoms with van der Waals surface area (Å²) in [4.78, 5) is 10.5. The molecular formula is C15H17FO4. The van der Waals surface area contributed by atoms with Crippen LogP contribution in [0.15, 0.2) is 24.3 Å². The largest absolute Gasteiger partial charge is 0.478 e. The molecule has 0 bridgehead atoms. The summed E-state index contributed by atoms with van der Waals surface area (Å²) < 4.78 is 24.2. The zero-order chi connectivity index (χ0) is 14.4. The van der Waals surface area contributed by atoms with Gasteiger partial charge in [-0.25, -0.2) is 9.18 Å². The topological polar surface area (TPSA) is 55.8 Å². The Labute approximate surface area is 116 Å². The maximum atomic E-state index is 13.2. The van der Waals surface area contributed by atoms with Crippen LogP contribution in [0.1, 0.15) is 24.0 Å². The molecule has 1 N–H and O–H groups in total. The van der Waals surface area contributed by atoms with Crippen LogP contribution in [0.3, 0.4) is 0 Å². The van der Waals surface area contributed by atoms with E-state index in [1.807, 2.05) is 0 Å². The number of hydrogen-bond acceptors (Lipinski definition) is 3. The second-order valence-corrected chi connectivity index (χ2v) is 4.66. The first kappa shape index (κ1) is 14.7. The lowest BCUT2D eigenvalue weighted by atomic mass is 10.1. The minimum atomic E-state index is -1.07. The van der Waals surface area contributed by atoms with E-state index >= 15 is 0 Å². The second kappa shape index (κ2) is 7.17. The van der Waals surface area contributed by atoms with Crippen molar-refractivity contribution in [2.45, 2.75) is 25.6 Å². The summed E-state index contributed by atoms with van der Waals surface area (Å²) in [6, 6.07) is 4.24. The maximum absolute atomic E-state index is 13.2. The van der Waals surface area contributed by atoms with Gasteiger partial charge in [-0.05, 0) is 42.2 Å². The molecule has 0 aromatic heterocycles. The first-order chi connectivity index (χ1) is 9.65. The Morgan fingerprint density at radius 3 is 3.10 bits per heavy atom. The molecule has 1 aromatic carbocycles. The zero-order valence-electron chi connectivity index (χ0n) is 11.0. The van der Waals surface area contributed by atoms with Gasteiger partial charge in [0, 0.05) is 12.7 Å². The third-order valence-electron chi connectivity index (χ3n) is 3.10. The fraction of sp³-hybridized carbons (Fsp3) is 0.400. The van der Waals surface area contributed by atoms with E-state index in [2.05, 4.69) is 0 Å². The standard InChI is InChI=1S/C15H17FO4/c16-13-5-3-12(11(8-13)4-6-15(17)18)9-19-10-14-2-1-7-20-14/h3-6,8,14H,1-2,7,9-10H2,(H,17,18). The molecule has 5 heteroatoms. The van der Waals surface area contributed by atoms with Gasteiger partial charge in [0.25, 0.3) is 0 Å². The number of hydrogen-bond donors (Lipinski definition) is 1. The molecule has 0 spiro atoms. The van der Waals surface area contributed by atoms with Crippen LogP contribution in [-0.2, 0) is 20.9 Å². The molecule has 4 nitrogen and oxygen atoms in total. The Hall–Kier alpha value is -1.72. The van der Waals surface area contributed by atoms with Crippen LogP contribution < -0.4 is 0 Å². The van der Waals surface area contributed by atoms with Gasteiger partial charge in [-0.3, -0.25) is 0 Å². The molecule has 1 aromatic rings. The highest BCUT2D eigenvalue weighted by Gasteiger charge is 2.15. The molecule has 1 saturated heterocycles. The fourth-order valence-corrected chi connectivity index (χ4v) is 2.09. The predicted molar refractivity (Wildman–Crippen MR) is 71.7 cm³/mol. The molecule has 1 aliphatic rings. The van der Waals surface area contributed by atoms with Crippen LogP contribution >= 0.6 is 0 Å². The van der Waals surface area contributed by atoms with Crippen molar-refractivity contribution in [3.63, 3.8) is 0 Å². The van der Waals surface area contributed by atoms with Crippen molar-refractivity contribution in [3.8, 4) is 0 Å². The summed E-state index contributed by atoms with van der Waals surface area (Å²) in [7, 11) is 0. The van der Waals surface area contributed by atoms with Crippen LogP contribution in [0.25, 0.3) is 6.08 Å². The smallest absolute Gasteiger partial charge is 0.328 e. The summed E-state index contributed by atoms with van der Waals surface area (Å²) in [5, 5.41) is 8.63. The highest BCUT2D eigenvalue weighted by atomic mass is 19.1. The van der Waals surface area contributed by atoms with E-state index in [-0.39, 0.29) is 6.10 Å². The zero-order valence-corrected chi connectivity index (χ0v) is 11.0. The minimum absolute atomic E-state index is 0.133. The Kier molecular flexibility index (Phi) is 5.26. The number of aliphatic carboxylic acids is 1. The van der Waals surface area contributed by atoms with Crippen molar-refractivity contribution < 1.29 is 23.8 Å². The van der Waals surface area contributed by atoms with Crippen LogP contribution in [0, 0.1) is 5.82 Å². The molecule has 2 rings (SSSR count). The first-order valence-corrected chi connectivity index (χ1v) is 6.54. The fourth-order valence-electron chi connectivity index (χ4n) is 2.09. The molecule has 108 valence electrons. The van der Waals surface area contributed by atoms with E-state index in [0.717, 1.165) is 31.1 Å². The number of carboxylic acids is 1. The van der Waals surface area contributed by atoms with Gasteiger partial charge >= 0.3 is 5.97 Å². The number of carboxylic acid groups (broad SMARTS) is 1. The Balaban J connectivity index is 1.96. The van der Waals surface area contributed by atoms with Gasteiger partial charge in [0.05, 0.1) is 19.3 Å². The van der Waals surface area contributed by atoms with Crippen LogP contribution in [-0.4, -0.2) is 30.4 Å². The Bertz CT molecular complexity index is 493. The SMILES string of the molecule is O=C(O)C=Cc1cc(F)ccc1COCC1CCCO1. The van der Waals surface area contributed by atoms with Gasteiger partial charge in [0.1, 0.15) is 5.82 Å². The molecule has 1 fully saturated rings. The van der Waals surface area contributed by atoms with Gasteiger partial charge in [-0.2, -0.15) is 0 Å². The predicted octanol–water partition coefficient (Wildman–Crippen LogP) is 2.62. The maximum Gasteiger partial charge on any atom is 0.328 e. The van der Waals surface area contributed by atoms with Gasteiger partial charge in [-0.1, -0.05) is 6.07 Å². The molecular weight excluding hydrogens is 263 g/mol. The number of rotatable bonds is 6. The number of halogens is 1. The van der Waals surface area contributed by atoms with Crippen LogP contribution in [0.4, 0.5) is 4.39 Å². The van der Waals surface area contributed by atoms with Gasteiger partial charge in [0.2, 0.25) is 0 Å². The summed E-state index contributed by atoms with van der Waals surface area (Å²) in [6.07, 6.45) is 4.54. The number of ether oxygens (including phenoxy) is 2. The van der Waals surface area contributed by atoms with E-state index in [1.165, 1.54) is 18.2 Å². The molecule has 0 radical (unpaired) electrons. The Morgan fingerprint density at radius 1 is 1.55 bits per heavy atom. The highest BCUT2D eigenvalue weighted by Crippen LogP contribution is 2.16. The van der Waals surface area contributed by atoms with Crippen molar-refractivity contribution in [2.75, 3.05) is 13.2 Å². The monoisotopic (exact) mass is 280 g/mol. The normalized spacial score (nSPS) is 18.8. The average molecular weight is 280 g/mol. The molecule has 1 unspecified atom stereocenters. The molecule has 0 aliphatic carbocycles. The summed E-state index contributed by atoms with van der Waals surface area (Å²) >= 11 is 0. The van der Waals surface area contributed by atoms with Gasteiger partial charge in [0.15, 0.2) is 0 Å². The Morgan fingerprint density at radius 2 is 2.40 bits per heavy atom. The number of benzene rings is 1. The third kappa shape index (κ3) is 4.43. The molecule has 20 heavy (non-hydrogen) atoms. The lowest BCUT2D eigenvalue weighted by Gasteiger charge is -2.11. The van der Waals surface area contributed by atoms with E-state index in [9.17, 15) is 9.18 Å². The van der Waals surface area contributed by atoms with E-state index in [0.29, 0.717) is 18.8 Å². The number of carbonyl (C=O) groups is 1. The quantitative estimate of drug-likeness (QED) is 0.814. The second-order valence-electron chi connectivity index (χ2n) is 4.66. The van der Waals surface area contributed by atoms with Crippen LogP contribution in [0.5, 0.6) is 0 Å². The lowest BCUT2D eigenvalue weighted by Crippen LogP contribution is -2.14. The highest BCUT2D eigenvalue weighted by molar-refractivity contribution is 5.85. The van der Waals surface area contributed by atoms with Crippen molar-refractivity contribution >= 4 is 12.0 Å². The minimum Gasteiger partial charge on any atom is -0.478 e. The first-order valence-electron chi connectivity index (χ1n) is 6.54. The summed E-state index contributed by atoms with van der Waals surface area (Å²) in [5.41, 5.74) is 1.27. The molecule has 1 heterocycles. The lowest BCUT2D eigenvalue weighted by molar-refractivity contribution is -0.131. The average Bonchev–Trinajstić information content (AvgIpc) is 2.91. The van der Waals surface area contributed by atoms with Crippen molar-refractivity contribution in [1.29, 1.82) is 0 Å². The van der Waals surface area contributed by atoms with Crippen molar-refractivity contribution in [1.82, 2.24) is 0 Å². The molecule has 0 saturated carbocycles. The summed E-state index contributed by atoms with van der Waals surface area (Å²) in [6.45, 7) is 1.58. The third-order valence-corrected chi connectivity index (χ3v) is 3.10. The van der Waals surface area contributed by atoms with Crippen molar-refractivity contribution in [2.24, 2.45) is 0 Å².